The Kier molecular flexibility index (Phi) is 6.58. The van der Waals surface area contributed by atoms with Gasteiger partial charge in [-0.2, -0.15) is 0 Å². The summed E-state index contributed by atoms with van der Waals surface area (Å²) in [6.45, 7) is 6.58. The first-order valence-electron chi connectivity index (χ1n) is 13.5. The molecular weight excluding hydrogens is 460 g/mol. The number of nitrogens with zero attached hydrogens (tertiary/aromatic N) is 1. The Balaban J connectivity index is 0.000000208. The van der Waals surface area contributed by atoms with E-state index in [1.54, 1.807) is 6.07 Å². The Hall–Kier alpha value is -2.16. The molecule has 2 aliphatic heterocycles. The van der Waals surface area contributed by atoms with Gasteiger partial charge < -0.3 is 25.8 Å². The SMILES string of the molecule is CC(C)C[C@H](CN)CC(=O)O.O=C1CC[C@@]2(O)[C@H]3Cc4ccc(O)c5c4[C@@]2(CCN3CC2CC2)[C@H]1O5. The number of ketones is 1. The van der Waals surface area contributed by atoms with E-state index in [1.165, 1.54) is 12.8 Å². The second-order valence-corrected chi connectivity index (χ2v) is 12.0. The summed E-state index contributed by atoms with van der Waals surface area (Å²) in [6.07, 6.45) is 5.44. The van der Waals surface area contributed by atoms with Gasteiger partial charge in [0.1, 0.15) is 0 Å². The van der Waals surface area contributed by atoms with E-state index in [9.17, 15) is 19.8 Å². The van der Waals surface area contributed by atoms with Crippen LogP contribution in [0.3, 0.4) is 0 Å². The molecule has 1 saturated heterocycles. The maximum Gasteiger partial charge on any atom is 0.303 e. The topological polar surface area (TPSA) is 133 Å². The number of hydrogen-bond acceptors (Lipinski definition) is 7. The van der Waals surface area contributed by atoms with Crippen LogP contribution in [0.1, 0.15) is 69.9 Å². The zero-order valence-corrected chi connectivity index (χ0v) is 21.4. The number of carboxylic acid groups (broad SMARTS) is 1. The second kappa shape index (κ2) is 9.30. The van der Waals surface area contributed by atoms with E-state index in [0.717, 1.165) is 49.4 Å². The normalized spacial score (nSPS) is 32.9. The molecule has 3 fully saturated rings. The maximum atomic E-state index is 12.7. The van der Waals surface area contributed by atoms with Crippen LogP contribution in [0.15, 0.2) is 12.1 Å². The van der Waals surface area contributed by atoms with Crippen molar-refractivity contribution in [2.75, 3.05) is 19.6 Å². The number of phenolic OH excluding ortho intramolecular Hbond substituents is 1. The summed E-state index contributed by atoms with van der Waals surface area (Å²) >= 11 is 0. The third-order valence-corrected chi connectivity index (χ3v) is 9.16. The summed E-state index contributed by atoms with van der Waals surface area (Å²) in [4.78, 5) is 25.5. The van der Waals surface area contributed by atoms with Gasteiger partial charge in [-0.15, -0.1) is 0 Å². The van der Waals surface area contributed by atoms with Gasteiger partial charge in [0.2, 0.25) is 0 Å². The summed E-state index contributed by atoms with van der Waals surface area (Å²) in [6, 6.07) is 3.69. The molecule has 2 bridgehead atoms. The minimum absolute atomic E-state index is 0.0454. The Morgan fingerprint density at radius 2 is 2.03 bits per heavy atom. The van der Waals surface area contributed by atoms with Crippen LogP contribution >= 0.6 is 0 Å². The summed E-state index contributed by atoms with van der Waals surface area (Å²) in [5.41, 5.74) is 5.86. The monoisotopic (exact) mass is 500 g/mol. The summed E-state index contributed by atoms with van der Waals surface area (Å²) in [5.74, 6) is 1.32. The fourth-order valence-electron chi connectivity index (χ4n) is 7.44. The van der Waals surface area contributed by atoms with Crippen LogP contribution in [-0.2, 0) is 21.4 Å². The number of carboxylic acids is 1. The summed E-state index contributed by atoms with van der Waals surface area (Å²) in [5, 5.41) is 30.8. The molecule has 36 heavy (non-hydrogen) atoms. The first kappa shape index (κ1) is 25.5. The first-order chi connectivity index (χ1) is 17.1. The van der Waals surface area contributed by atoms with Crippen molar-refractivity contribution in [2.24, 2.45) is 23.5 Å². The molecule has 2 saturated carbocycles. The van der Waals surface area contributed by atoms with E-state index in [-0.39, 0.29) is 29.9 Å². The van der Waals surface area contributed by atoms with E-state index in [1.807, 2.05) is 6.07 Å². The van der Waals surface area contributed by atoms with Gasteiger partial charge in [0, 0.05) is 31.0 Å². The highest BCUT2D eigenvalue weighted by molar-refractivity contribution is 5.90. The van der Waals surface area contributed by atoms with Gasteiger partial charge in [0.15, 0.2) is 23.4 Å². The van der Waals surface area contributed by atoms with E-state index >= 15 is 0 Å². The Morgan fingerprint density at radius 3 is 2.67 bits per heavy atom. The quantitative estimate of drug-likeness (QED) is 0.449. The Bertz CT molecular complexity index is 1040. The average molecular weight is 501 g/mol. The lowest BCUT2D eigenvalue weighted by Crippen LogP contribution is -2.76. The number of ether oxygens (including phenoxy) is 1. The number of carbonyl (C=O) groups is 2. The van der Waals surface area contributed by atoms with Crippen molar-refractivity contribution in [3.05, 3.63) is 23.3 Å². The predicted octanol–water partition coefficient (Wildman–Crippen LogP) is 2.61. The van der Waals surface area contributed by atoms with Crippen LogP contribution in [0.5, 0.6) is 11.5 Å². The lowest BCUT2D eigenvalue weighted by atomic mass is 9.49. The zero-order valence-electron chi connectivity index (χ0n) is 21.4. The van der Waals surface area contributed by atoms with Gasteiger partial charge in [-0.1, -0.05) is 19.9 Å². The molecule has 3 aliphatic carbocycles. The molecule has 0 amide bonds. The largest absolute Gasteiger partial charge is 0.504 e. The van der Waals surface area contributed by atoms with E-state index in [2.05, 4.69) is 18.7 Å². The van der Waals surface area contributed by atoms with E-state index < -0.39 is 23.1 Å². The molecule has 1 aromatic carbocycles. The molecule has 5 atom stereocenters. The Labute approximate surface area is 212 Å². The molecule has 2 heterocycles. The molecule has 6 rings (SSSR count). The number of phenols is 1. The fourth-order valence-corrected chi connectivity index (χ4v) is 7.44. The van der Waals surface area contributed by atoms with Crippen LogP contribution in [0.25, 0.3) is 0 Å². The smallest absolute Gasteiger partial charge is 0.303 e. The number of benzene rings is 1. The molecule has 198 valence electrons. The highest BCUT2D eigenvalue weighted by Gasteiger charge is 2.73. The second-order valence-electron chi connectivity index (χ2n) is 12.0. The minimum atomic E-state index is -0.940. The molecule has 0 aromatic heterocycles. The fraction of sp³-hybridized carbons (Fsp3) is 0.714. The lowest BCUT2D eigenvalue weighted by molar-refractivity contribution is -0.188. The number of Topliss-reactive ketones (excluding diaryl/α,β-unsaturated/α-hetero) is 1. The number of aliphatic carboxylic acids is 1. The van der Waals surface area contributed by atoms with Crippen LogP contribution in [0.2, 0.25) is 0 Å². The first-order valence-corrected chi connectivity index (χ1v) is 13.5. The molecule has 5 N–H and O–H groups in total. The van der Waals surface area contributed by atoms with Gasteiger partial charge >= 0.3 is 5.97 Å². The van der Waals surface area contributed by atoms with Crippen LogP contribution in [0.4, 0.5) is 0 Å². The van der Waals surface area contributed by atoms with Crippen LogP contribution < -0.4 is 10.5 Å². The third-order valence-electron chi connectivity index (χ3n) is 9.16. The number of likely N-dealkylation sites (tertiary alicyclic amines) is 1. The predicted molar refractivity (Wildman–Crippen MR) is 134 cm³/mol. The van der Waals surface area contributed by atoms with Crippen molar-refractivity contribution >= 4 is 11.8 Å². The number of rotatable bonds is 7. The number of carbonyl (C=O) groups excluding carboxylic acids is 1. The molecular formula is C28H40N2O6. The third kappa shape index (κ3) is 4.02. The number of aliphatic hydroxyl groups is 1. The van der Waals surface area contributed by atoms with Gasteiger partial charge in [-0.05, 0) is 81.0 Å². The molecule has 5 aliphatic rings. The van der Waals surface area contributed by atoms with Crippen molar-refractivity contribution in [3.63, 3.8) is 0 Å². The van der Waals surface area contributed by atoms with Crippen molar-refractivity contribution in [2.45, 2.75) is 88.4 Å². The summed E-state index contributed by atoms with van der Waals surface area (Å²) in [7, 11) is 0. The highest BCUT2D eigenvalue weighted by Crippen LogP contribution is 2.64. The minimum Gasteiger partial charge on any atom is -0.504 e. The van der Waals surface area contributed by atoms with E-state index in [4.69, 9.17) is 15.6 Å². The van der Waals surface area contributed by atoms with Gasteiger partial charge in [-0.3, -0.25) is 14.5 Å². The van der Waals surface area contributed by atoms with Crippen molar-refractivity contribution in [1.82, 2.24) is 4.90 Å². The molecule has 0 unspecified atom stereocenters. The maximum absolute atomic E-state index is 12.7. The number of hydrogen-bond donors (Lipinski definition) is 4. The lowest BCUT2D eigenvalue weighted by Gasteiger charge is -2.62. The zero-order chi connectivity index (χ0) is 25.8. The van der Waals surface area contributed by atoms with Gasteiger partial charge in [0.05, 0.1) is 11.0 Å². The summed E-state index contributed by atoms with van der Waals surface area (Å²) < 4.78 is 6.04. The van der Waals surface area contributed by atoms with Crippen molar-refractivity contribution < 1.29 is 29.6 Å². The molecule has 1 aromatic rings. The number of piperidine rings is 1. The van der Waals surface area contributed by atoms with Gasteiger partial charge in [0.25, 0.3) is 0 Å². The average Bonchev–Trinajstić information content (AvgIpc) is 3.55. The highest BCUT2D eigenvalue weighted by atomic mass is 16.5. The molecule has 0 radical (unpaired) electrons. The number of aromatic hydroxyl groups is 1. The molecule has 8 nitrogen and oxygen atoms in total. The van der Waals surface area contributed by atoms with Crippen molar-refractivity contribution in [3.8, 4) is 11.5 Å². The van der Waals surface area contributed by atoms with E-state index in [0.29, 0.717) is 31.1 Å². The van der Waals surface area contributed by atoms with Gasteiger partial charge in [-0.25, -0.2) is 0 Å². The molecule has 1 spiro atoms. The molecule has 8 heteroatoms. The van der Waals surface area contributed by atoms with Crippen molar-refractivity contribution in [1.29, 1.82) is 0 Å². The Morgan fingerprint density at radius 1 is 1.28 bits per heavy atom. The van der Waals surface area contributed by atoms with Crippen LogP contribution in [0, 0.1) is 17.8 Å². The van der Waals surface area contributed by atoms with Crippen LogP contribution in [-0.4, -0.2) is 69.4 Å². The number of nitrogens with two attached hydrogens (primary N) is 1. The standard InChI is InChI=1S/C20H23NO4.C8H17NO2/c22-13-4-3-12-9-15-20(24)6-5-14(23)18-19(20,16(12)17(13)25-18)7-8-21(15)10-11-1-2-11;1-6(2)3-7(5-9)4-8(10)11/h3-4,11,15,18,22,24H,1-2,5-10H2;6-7H,3-5,9H2,1-2H3,(H,10,11)/t15-,18+,19+,20-;7-/m10/s1.